The monoisotopic (exact) mass is 556 g/mol. The molecular weight excluding hydrogens is 522 g/mol. The van der Waals surface area contributed by atoms with Crippen LogP contribution >= 0.6 is 0 Å². The fourth-order valence-corrected chi connectivity index (χ4v) is 7.04. The van der Waals surface area contributed by atoms with Crippen molar-refractivity contribution in [1.82, 2.24) is 9.78 Å². The first-order valence-corrected chi connectivity index (χ1v) is 14.7. The summed E-state index contributed by atoms with van der Waals surface area (Å²) in [6.45, 7) is 6.82. The van der Waals surface area contributed by atoms with Crippen LogP contribution in [0.15, 0.2) is 52.4 Å². The summed E-state index contributed by atoms with van der Waals surface area (Å²) in [5, 5.41) is 4.90. The summed E-state index contributed by atoms with van der Waals surface area (Å²) in [5.74, 6) is -1.05. The maximum Gasteiger partial charge on any atom is 0.264 e. The van der Waals surface area contributed by atoms with Gasteiger partial charge >= 0.3 is 0 Å². The molecule has 0 radical (unpaired) electrons. The number of amidine groups is 1. The van der Waals surface area contributed by atoms with Crippen molar-refractivity contribution in [2.45, 2.75) is 68.8 Å². The highest BCUT2D eigenvalue weighted by molar-refractivity contribution is 7.92. The van der Waals surface area contributed by atoms with Crippen molar-refractivity contribution < 1.29 is 17.2 Å². The number of aliphatic imine (C=N–C) groups is 1. The molecule has 1 fully saturated rings. The summed E-state index contributed by atoms with van der Waals surface area (Å²) >= 11 is 0. The number of nitrogens with one attached hydrogen (secondary N) is 1. The summed E-state index contributed by atoms with van der Waals surface area (Å²) in [6.07, 6.45) is 3.87. The molecule has 39 heavy (non-hydrogen) atoms. The maximum absolute atomic E-state index is 15.3. The highest BCUT2D eigenvalue weighted by Crippen LogP contribution is 2.46. The molecule has 2 aromatic carbocycles. The van der Waals surface area contributed by atoms with Gasteiger partial charge in [-0.2, -0.15) is 5.10 Å². The molecule has 1 aliphatic heterocycles. The van der Waals surface area contributed by atoms with Crippen LogP contribution in [0.2, 0.25) is 0 Å². The summed E-state index contributed by atoms with van der Waals surface area (Å²) in [4.78, 5) is 4.13. The van der Waals surface area contributed by atoms with Crippen LogP contribution in [0, 0.1) is 17.6 Å². The van der Waals surface area contributed by atoms with Crippen molar-refractivity contribution in [3.05, 3.63) is 65.4 Å². The summed E-state index contributed by atoms with van der Waals surface area (Å²) in [5.41, 5.74) is 14.6. The molecule has 1 unspecified atom stereocenters. The Morgan fingerprint density at radius 2 is 1.77 bits per heavy atom. The Bertz CT molecular complexity index is 1540. The van der Waals surface area contributed by atoms with Crippen molar-refractivity contribution in [2.24, 2.45) is 22.4 Å². The number of hydrogen-bond acceptors (Lipinski definition) is 6. The van der Waals surface area contributed by atoms with Gasteiger partial charge in [-0.25, -0.2) is 17.2 Å². The Morgan fingerprint density at radius 1 is 1.08 bits per heavy atom. The van der Waals surface area contributed by atoms with Gasteiger partial charge in [-0.05, 0) is 69.7 Å². The van der Waals surface area contributed by atoms with E-state index in [-0.39, 0.29) is 23.2 Å². The summed E-state index contributed by atoms with van der Waals surface area (Å²) < 4.78 is 59.0. The topological polar surface area (TPSA) is 128 Å². The van der Waals surface area contributed by atoms with Crippen molar-refractivity contribution >= 4 is 21.5 Å². The van der Waals surface area contributed by atoms with Crippen LogP contribution < -0.4 is 16.2 Å². The number of nitrogens with zero attached hydrogens (tertiary/aromatic N) is 3. The first kappa shape index (κ1) is 27.3. The quantitative estimate of drug-likeness (QED) is 0.405. The lowest BCUT2D eigenvalue weighted by molar-refractivity contribution is 0.197. The predicted octanol–water partition coefficient (Wildman–Crippen LogP) is 4.70. The van der Waals surface area contributed by atoms with Crippen LogP contribution in [-0.2, 0) is 15.4 Å². The van der Waals surface area contributed by atoms with Crippen molar-refractivity contribution in [3.63, 3.8) is 0 Å². The first-order valence-electron chi connectivity index (χ1n) is 13.2. The van der Waals surface area contributed by atoms with Crippen LogP contribution in [0.25, 0.3) is 11.3 Å². The molecule has 11 heteroatoms. The van der Waals surface area contributed by atoms with Gasteiger partial charge in [0.25, 0.3) is 10.0 Å². The Labute approximate surface area is 227 Å². The minimum atomic E-state index is -4.34. The van der Waals surface area contributed by atoms with Crippen molar-refractivity contribution in [3.8, 4) is 11.3 Å². The van der Waals surface area contributed by atoms with E-state index >= 15 is 4.39 Å². The number of benzene rings is 2. The first-order chi connectivity index (χ1) is 18.4. The number of anilines is 1. The number of nitrogens with two attached hydrogens (primary N) is 2. The predicted molar refractivity (Wildman–Crippen MR) is 148 cm³/mol. The highest BCUT2D eigenvalue weighted by atomic mass is 32.2. The van der Waals surface area contributed by atoms with Gasteiger partial charge in [-0.1, -0.05) is 25.1 Å². The lowest BCUT2D eigenvalue weighted by Gasteiger charge is -2.43. The molecule has 2 heterocycles. The number of halogens is 2. The number of aromatic nitrogens is 2. The molecule has 5 rings (SSSR count). The molecule has 0 saturated heterocycles. The number of fused-ring (bicyclic) bond motifs is 1. The van der Waals surface area contributed by atoms with Crippen molar-refractivity contribution in [2.75, 3.05) is 11.3 Å². The van der Waals surface area contributed by atoms with E-state index in [0.717, 1.165) is 43.5 Å². The van der Waals surface area contributed by atoms with Crippen LogP contribution in [0.1, 0.15) is 63.8 Å². The molecule has 1 aromatic heterocycles. The molecule has 5 N–H and O–H groups in total. The summed E-state index contributed by atoms with van der Waals surface area (Å²) in [7, 11) is -4.34. The Balaban J connectivity index is 1.56. The second kappa shape index (κ2) is 10.0. The van der Waals surface area contributed by atoms with Crippen LogP contribution in [0.5, 0.6) is 0 Å². The molecule has 2 aliphatic rings. The van der Waals surface area contributed by atoms with E-state index in [1.165, 1.54) is 24.3 Å². The Hall–Kier alpha value is -3.31. The van der Waals surface area contributed by atoms with E-state index in [0.29, 0.717) is 35.1 Å². The molecule has 1 atom stereocenters. The SMILES string of the molecule is CC(C)n1nc(-c2ccc(NS(=O)(=O)c3ccccc3F)c(F)c2)c2c1C(C)(C1CCC(N)CC1)CN=C2N. The standard InChI is InChI=1S/C28H34F2N6O2S/c1-16(2)36-26-24(27(32)33-15-28(26,3)18-9-11-19(31)12-10-18)25(34-36)17-8-13-22(21(30)14-17)35-39(37,38)23-7-5-4-6-20(23)29/h4-8,13-14,16,18-19,35H,9-12,15,31H2,1-3H3,(H2,32,33). The van der Waals surface area contributed by atoms with Crippen molar-refractivity contribution in [1.29, 1.82) is 0 Å². The van der Waals surface area contributed by atoms with Gasteiger partial charge in [0, 0.05) is 23.1 Å². The largest absolute Gasteiger partial charge is 0.383 e. The van der Waals surface area contributed by atoms with Gasteiger partial charge in [0.1, 0.15) is 28.1 Å². The van der Waals surface area contributed by atoms with Gasteiger partial charge in [0.15, 0.2) is 0 Å². The summed E-state index contributed by atoms with van der Waals surface area (Å²) in [6, 6.07) is 9.25. The molecule has 0 amide bonds. The third-order valence-electron chi connectivity index (χ3n) is 8.06. The van der Waals surface area contributed by atoms with E-state index in [1.807, 2.05) is 18.5 Å². The third-order valence-corrected chi connectivity index (χ3v) is 9.46. The maximum atomic E-state index is 15.3. The van der Waals surface area contributed by atoms with Gasteiger partial charge in [-0.3, -0.25) is 14.4 Å². The fraction of sp³-hybridized carbons (Fsp3) is 0.429. The fourth-order valence-electron chi connectivity index (χ4n) is 5.89. The van der Waals surface area contributed by atoms with E-state index < -0.39 is 26.6 Å². The smallest absolute Gasteiger partial charge is 0.264 e. The van der Waals surface area contributed by atoms with Gasteiger partial charge < -0.3 is 11.5 Å². The average molecular weight is 557 g/mol. The zero-order valence-electron chi connectivity index (χ0n) is 22.3. The third kappa shape index (κ3) is 4.82. The van der Waals surface area contributed by atoms with Gasteiger partial charge in [-0.15, -0.1) is 0 Å². The van der Waals surface area contributed by atoms with E-state index in [9.17, 15) is 12.8 Å². The molecule has 8 nitrogen and oxygen atoms in total. The number of sulfonamides is 1. The lowest BCUT2D eigenvalue weighted by atomic mass is 9.65. The molecule has 1 saturated carbocycles. The van der Waals surface area contributed by atoms with Crippen LogP contribution in [0.3, 0.4) is 0 Å². The Morgan fingerprint density at radius 3 is 2.41 bits per heavy atom. The number of hydrogen-bond donors (Lipinski definition) is 3. The van der Waals surface area contributed by atoms with E-state index in [2.05, 4.69) is 11.6 Å². The van der Waals surface area contributed by atoms with Crippen LogP contribution in [0.4, 0.5) is 14.5 Å². The van der Waals surface area contributed by atoms with E-state index in [1.54, 1.807) is 6.07 Å². The van der Waals surface area contributed by atoms with Crippen LogP contribution in [-0.4, -0.2) is 36.6 Å². The second-order valence-electron chi connectivity index (χ2n) is 11.1. The molecule has 0 bridgehead atoms. The molecule has 0 spiro atoms. The van der Waals surface area contributed by atoms with Gasteiger partial charge in [0.2, 0.25) is 0 Å². The molecule has 1 aliphatic carbocycles. The van der Waals surface area contributed by atoms with E-state index in [4.69, 9.17) is 21.6 Å². The van der Waals surface area contributed by atoms with Gasteiger partial charge in [0.05, 0.1) is 23.5 Å². The molecule has 208 valence electrons. The normalized spacial score (nSPS) is 23.4. The minimum absolute atomic E-state index is 0.0141. The molecule has 3 aromatic rings. The Kier molecular flexibility index (Phi) is 7.00. The lowest BCUT2D eigenvalue weighted by Crippen LogP contribution is -2.45. The zero-order valence-corrected chi connectivity index (χ0v) is 23.1. The average Bonchev–Trinajstić information content (AvgIpc) is 3.31. The second-order valence-corrected chi connectivity index (χ2v) is 12.7. The zero-order chi connectivity index (χ0) is 28.1. The molecular formula is C28H34F2N6O2S. The highest BCUT2D eigenvalue weighted by Gasteiger charge is 2.45. The minimum Gasteiger partial charge on any atom is -0.383 e. The number of rotatable bonds is 6.